The minimum Gasteiger partial charge on any atom is -0.238 e. The standard InChI is InChI=1S/C56H34N4/c1-57-45-31-33-48(39-20-18-36(19-21-39)44-29-26-40-23-22-37-10-6-8-15-47(37)52(40)34-44)53(35-45)41-24-27-43(28-25-41)55-58-54(42-12-3-2-4-13-42)59-56(60-55)51-17-9-16-49-46-14-7-5-11-38(46)30-32-50(49)51/h2-35H. The highest BCUT2D eigenvalue weighted by Crippen LogP contribution is 2.39. The first-order valence-corrected chi connectivity index (χ1v) is 20.0. The van der Waals surface area contributed by atoms with E-state index in [1.54, 1.807) is 0 Å². The van der Waals surface area contributed by atoms with Gasteiger partial charge in [-0.3, -0.25) is 0 Å². The van der Waals surface area contributed by atoms with E-state index in [0.717, 1.165) is 55.3 Å². The average molecular weight is 763 g/mol. The Hall–Kier alpha value is -8.26. The summed E-state index contributed by atoms with van der Waals surface area (Å²) in [5.41, 5.74) is 9.81. The number of hydrogen-bond acceptors (Lipinski definition) is 3. The maximum absolute atomic E-state index is 7.83. The van der Waals surface area contributed by atoms with Crippen molar-refractivity contribution in [3.05, 3.63) is 218 Å². The Bertz CT molecular complexity index is 3480. The first-order valence-electron chi connectivity index (χ1n) is 20.0. The molecule has 0 amide bonds. The summed E-state index contributed by atoms with van der Waals surface area (Å²) in [6.45, 7) is 7.83. The van der Waals surface area contributed by atoms with E-state index in [-0.39, 0.29) is 0 Å². The molecule has 1 heterocycles. The smallest absolute Gasteiger partial charge is 0.187 e. The van der Waals surface area contributed by atoms with Gasteiger partial charge in [-0.1, -0.05) is 194 Å². The van der Waals surface area contributed by atoms with E-state index < -0.39 is 0 Å². The number of aromatic nitrogens is 3. The van der Waals surface area contributed by atoms with Crippen molar-refractivity contribution in [1.29, 1.82) is 0 Å². The molecule has 0 aliphatic heterocycles. The normalized spacial score (nSPS) is 11.3. The molecule has 4 heteroatoms. The van der Waals surface area contributed by atoms with Gasteiger partial charge in [0.25, 0.3) is 0 Å². The van der Waals surface area contributed by atoms with Crippen molar-refractivity contribution in [3.63, 3.8) is 0 Å². The summed E-state index contributed by atoms with van der Waals surface area (Å²) in [7, 11) is 0. The van der Waals surface area contributed by atoms with Gasteiger partial charge in [0, 0.05) is 16.7 Å². The van der Waals surface area contributed by atoms with E-state index in [1.165, 1.54) is 37.9 Å². The SMILES string of the molecule is [C-]#[N+]c1ccc(-c2ccc(-c3ccc4ccc5ccccc5c4c3)cc2)c(-c2ccc(-c3nc(-c4ccccc4)nc(-c4cccc5c4ccc4ccccc45)n3)cc2)c1. The molecule has 1 aromatic heterocycles. The van der Waals surface area contributed by atoms with Crippen molar-refractivity contribution < 1.29 is 0 Å². The predicted molar refractivity (Wildman–Crippen MR) is 249 cm³/mol. The van der Waals surface area contributed by atoms with Crippen LogP contribution in [0.15, 0.2) is 206 Å². The quantitative estimate of drug-likeness (QED) is 0.125. The maximum atomic E-state index is 7.83. The van der Waals surface area contributed by atoms with Crippen molar-refractivity contribution >= 4 is 48.8 Å². The van der Waals surface area contributed by atoms with Gasteiger partial charge in [-0.2, -0.15) is 0 Å². The molecule has 60 heavy (non-hydrogen) atoms. The van der Waals surface area contributed by atoms with E-state index in [2.05, 4.69) is 169 Å². The monoisotopic (exact) mass is 762 g/mol. The summed E-state index contributed by atoms with van der Waals surface area (Å²) in [5, 5.41) is 9.63. The number of benzene rings is 10. The van der Waals surface area contributed by atoms with E-state index in [0.29, 0.717) is 23.2 Å². The number of nitrogens with zero attached hydrogens (tertiary/aromatic N) is 4. The highest BCUT2D eigenvalue weighted by molar-refractivity contribution is 6.12. The van der Waals surface area contributed by atoms with Gasteiger partial charge in [-0.25, -0.2) is 19.8 Å². The highest BCUT2D eigenvalue weighted by Gasteiger charge is 2.16. The molecule has 0 spiro atoms. The number of hydrogen-bond donors (Lipinski definition) is 0. The Labute approximate surface area is 347 Å². The van der Waals surface area contributed by atoms with E-state index in [1.807, 2.05) is 42.5 Å². The Morgan fingerprint density at radius 2 is 0.800 bits per heavy atom. The van der Waals surface area contributed by atoms with Crippen LogP contribution >= 0.6 is 0 Å². The maximum Gasteiger partial charge on any atom is 0.187 e. The Balaban J connectivity index is 0.969. The third-order valence-electron chi connectivity index (χ3n) is 11.6. The predicted octanol–water partition coefficient (Wildman–Crippen LogP) is 15.0. The molecule has 0 N–H and O–H groups in total. The van der Waals surface area contributed by atoms with E-state index in [9.17, 15) is 0 Å². The summed E-state index contributed by atoms with van der Waals surface area (Å²) in [5.74, 6) is 1.83. The zero-order valence-corrected chi connectivity index (χ0v) is 32.4. The largest absolute Gasteiger partial charge is 0.238 e. The van der Waals surface area contributed by atoms with Crippen LogP contribution in [0.2, 0.25) is 0 Å². The van der Waals surface area contributed by atoms with Crippen LogP contribution in [0.4, 0.5) is 5.69 Å². The molecule has 11 rings (SSSR count). The number of fused-ring (bicyclic) bond motifs is 6. The Kier molecular flexibility index (Phi) is 8.50. The fourth-order valence-corrected chi connectivity index (χ4v) is 8.49. The lowest BCUT2D eigenvalue weighted by Gasteiger charge is -2.14. The Morgan fingerprint density at radius 3 is 1.52 bits per heavy atom. The zero-order valence-electron chi connectivity index (χ0n) is 32.4. The van der Waals surface area contributed by atoms with Gasteiger partial charge in [-0.15, -0.1) is 0 Å². The van der Waals surface area contributed by atoms with Crippen molar-refractivity contribution in [2.45, 2.75) is 0 Å². The molecule has 0 saturated carbocycles. The molecule has 0 atom stereocenters. The molecule has 4 nitrogen and oxygen atoms in total. The van der Waals surface area contributed by atoms with Crippen LogP contribution in [-0.4, -0.2) is 15.0 Å². The minimum absolute atomic E-state index is 0.593. The van der Waals surface area contributed by atoms with Crippen LogP contribution in [0.5, 0.6) is 0 Å². The summed E-state index contributed by atoms with van der Waals surface area (Å²) >= 11 is 0. The van der Waals surface area contributed by atoms with Gasteiger partial charge >= 0.3 is 0 Å². The molecule has 0 fully saturated rings. The van der Waals surface area contributed by atoms with Gasteiger partial charge in [0.05, 0.1) is 6.57 Å². The van der Waals surface area contributed by atoms with Crippen molar-refractivity contribution in [3.8, 4) is 67.5 Å². The van der Waals surface area contributed by atoms with Crippen molar-refractivity contribution in [2.24, 2.45) is 0 Å². The first kappa shape index (κ1) is 34.9. The topological polar surface area (TPSA) is 43.0 Å². The van der Waals surface area contributed by atoms with Crippen molar-refractivity contribution in [2.75, 3.05) is 0 Å². The minimum atomic E-state index is 0.593. The van der Waals surface area contributed by atoms with E-state index >= 15 is 0 Å². The summed E-state index contributed by atoms with van der Waals surface area (Å²) in [4.78, 5) is 19.0. The molecular formula is C56H34N4. The van der Waals surface area contributed by atoms with Crippen LogP contribution in [0.1, 0.15) is 0 Å². The third kappa shape index (κ3) is 6.23. The molecule has 0 saturated heterocycles. The van der Waals surface area contributed by atoms with Gasteiger partial charge in [-0.05, 0) is 88.6 Å². The van der Waals surface area contributed by atoms with Crippen molar-refractivity contribution in [1.82, 2.24) is 15.0 Å². The molecule has 0 aliphatic rings. The third-order valence-corrected chi connectivity index (χ3v) is 11.6. The van der Waals surface area contributed by atoms with Crippen LogP contribution in [-0.2, 0) is 0 Å². The van der Waals surface area contributed by atoms with E-state index in [4.69, 9.17) is 21.5 Å². The van der Waals surface area contributed by atoms with Gasteiger partial charge in [0.2, 0.25) is 0 Å². The molecule has 0 unspecified atom stereocenters. The second-order valence-corrected chi connectivity index (χ2v) is 15.1. The molecule has 10 aromatic carbocycles. The fraction of sp³-hybridized carbons (Fsp3) is 0. The van der Waals surface area contributed by atoms with Gasteiger partial charge < -0.3 is 0 Å². The molecular weight excluding hydrogens is 729 g/mol. The summed E-state index contributed by atoms with van der Waals surface area (Å²) in [6.07, 6.45) is 0. The van der Waals surface area contributed by atoms with Crippen LogP contribution in [0.3, 0.4) is 0 Å². The lowest BCUT2D eigenvalue weighted by Crippen LogP contribution is -2.00. The molecule has 11 aromatic rings. The lowest BCUT2D eigenvalue weighted by molar-refractivity contribution is 1.08. The molecule has 278 valence electrons. The lowest BCUT2D eigenvalue weighted by atomic mass is 9.92. The second kappa shape index (κ2) is 14.6. The molecule has 0 aliphatic carbocycles. The second-order valence-electron chi connectivity index (χ2n) is 15.1. The van der Waals surface area contributed by atoms with Gasteiger partial charge in [0.15, 0.2) is 23.2 Å². The van der Waals surface area contributed by atoms with Crippen LogP contribution in [0, 0.1) is 6.57 Å². The molecule has 0 radical (unpaired) electrons. The van der Waals surface area contributed by atoms with Gasteiger partial charge in [0.1, 0.15) is 0 Å². The highest BCUT2D eigenvalue weighted by atomic mass is 15.0. The zero-order chi connectivity index (χ0) is 40.0. The fourth-order valence-electron chi connectivity index (χ4n) is 8.49. The average Bonchev–Trinajstić information content (AvgIpc) is 3.33. The Morgan fingerprint density at radius 1 is 0.283 bits per heavy atom. The number of rotatable bonds is 6. The molecule has 0 bridgehead atoms. The van der Waals surface area contributed by atoms with Crippen LogP contribution in [0.25, 0.3) is 115 Å². The first-order chi connectivity index (χ1) is 29.7. The summed E-state index contributed by atoms with van der Waals surface area (Å²) in [6, 6.07) is 71.9. The van der Waals surface area contributed by atoms with Crippen LogP contribution < -0.4 is 0 Å². The summed E-state index contributed by atoms with van der Waals surface area (Å²) < 4.78 is 0.